The number of benzene rings is 2. The molecule has 144 valence electrons. The maximum Gasteiger partial charge on any atom is 0.312 e. The lowest BCUT2D eigenvalue weighted by Gasteiger charge is -2.14. The molecule has 0 spiro atoms. The fourth-order valence-electron chi connectivity index (χ4n) is 2.77. The summed E-state index contributed by atoms with van der Waals surface area (Å²) in [6.45, 7) is 4.68. The Kier molecular flexibility index (Phi) is 7.86. The molecule has 0 fully saturated rings. The summed E-state index contributed by atoms with van der Waals surface area (Å²) in [6, 6.07) is 15.0. The van der Waals surface area contributed by atoms with E-state index in [-0.39, 0.29) is 12.5 Å². The zero-order valence-corrected chi connectivity index (χ0v) is 15.9. The highest BCUT2D eigenvalue weighted by Gasteiger charge is 2.20. The third-order valence-corrected chi connectivity index (χ3v) is 4.40. The van der Waals surface area contributed by atoms with E-state index in [1.807, 2.05) is 38.1 Å². The van der Waals surface area contributed by atoms with Crippen LogP contribution >= 0.6 is 0 Å². The van der Waals surface area contributed by atoms with Crippen molar-refractivity contribution in [3.63, 3.8) is 0 Å². The van der Waals surface area contributed by atoms with Gasteiger partial charge < -0.3 is 15.2 Å². The molecule has 2 aromatic rings. The van der Waals surface area contributed by atoms with Crippen molar-refractivity contribution in [2.75, 3.05) is 13.2 Å². The highest BCUT2D eigenvalue weighted by Crippen LogP contribution is 2.19. The Morgan fingerprint density at radius 3 is 2.52 bits per heavy atom. The standard InChI is InChI=1S/C22H27NO4/c1-16-11-12-17(2)20(14-16)27-13-7-6-10-21(24)23-15-19(22(25)26)18-8-4-3-5-9-18/h3-5,8-9,11-12,14,19H,6-7,10,13,15H2,1-2H3,(H,23,24)(H,25,26). The molecule has 0 saturated heterocycles. The van der Waals surface area contributed by atoms with E-state index in [4.69, 9.17) is 4.74 Å². The molecule has 0 aliphatic rings. The molecule has 1 unspecified atom stereocenters. The molecule has 1 amide bonds. The Morgan fingerprint density at radius 1 is 1.07 bits per heavy atom. The maximum atomic E-state index is 12.0. The van der Waals surface area contributed by atoms with E-state index in [9.17, 15) is 14.7 Å². The van der Waals surface area contributed by atoms with Crippen LogP contribution in [0.1, 0.15) is 41.9 Å². The van der Waals surface area contributed by atoms with E-state index in [0.29, 0.717) is 25.0 Å². The van der Waals surface area contributed by atoms with Gasteiger partial charge in [0.2, 0.25) is 5.91 Å². The number of carbonyl (C=O) groups is 2. The van der Waals surface area contributed by atoms with Crippen molar-refractivity contribution < 1.29 is 19.4 Å². The predicted molar refractivity (Wildman–Crippen MR) is 105 cm³/mol. The molecule has 1 atom stereocenters. The molecule has 0 heterocycles. The van der Waals surface area contributed by atoms with Crippen molar-refractivity contribution >= 4 is 11.9 Å². The van der Waals surface area contributed by atoms with Crippen LogP contribution in [0, 0.1) is 13.8 Å². The lowest BCUT2D eigenvalue weighted by molar-refractivity contribution is -0.138. The van der Waals surface area contributed by atoms with Crippen LogP contribution in [0.25, 0.3) is 0 Å². The molecule has 2 aromatic carbocycles. The van der Waals surface area contributed by atoms with E-state index in [2.05, 4.69) is 5.32 Å². The molecule has 2 N–H and O–H groups in total. The van der Waals surface area contributed by atoms with E-state index < -0.39 is 11.9 Å². The lowest BCUT2D eigenvalue weighted by atomic mass is 9.99. The summed E-state index contributed by atoms with van der Waals surface area (Å²) < 4.78 is 5.78. The van der Waals surface area contributed by atoms with Crippen LogP contribution in [0.2, 0.25) is 0 Å². The Labute approximate surface area is 160 Å². The van der Waals surface area contributed by atoms with Gasteiger partial charge in [-0.2, -0.15) is 0 Å². The Hall–Kier alpha value is -2.82. The van der Waals surface area contributed by atoms with E-state index in [1.165, 1.54) is 0 Å². The van der Waals surface area contributed by atoms with Gasteiger partial charge in [0.05, 0.1) is 12.5 Å². The molecule has 0 saturated carbocycles. The predicted octanol–water partition coefficient (Wildman–Crippen LogP) is 3.84. The van der Waals surface area contributed by atoms with Crippen LogP contribution in [0.3, 0.4) is 0 Å². The van der Waals surface area contributed by atoms with Gasteiger partial charge in [-0.25, -0.2) is 0 Å². The largest absolute Gasteiger partial charge is 0.493 e. The normalized spacial score (nSPS) is 11.6. The third kappa shape index (κ3) is 6.77. The second kappa shape index (κ2) is 10.4. The number of aliphatic carboxylic acids is 1. The molecule has 27 heavy (non-hydrogen) atoms. The second-order valence-electron chi connectivity index (χ2n) is 6.68. The zero-order chi connectivity index (χ0) is 19.6. The molecular weight excluding hydrogens is 342 g/mol. The fourth-order valence-corrected chi connectivity index (χ4v) is 2.77. The van der Waals surface area contributed by atoms with Crippen molar-refractivity contribution in [1.82, 2.24) is 5.32 Å². The summed E-state index contributed by atoms with van der Waals surface area (Å²) in [5, 5.41) is 12.1. The fraction of sp³-hybridized carbons (Fsp3) is 0.364. The number of nitrogens with one attached hydrogen (secondary N) is 1. The summed E-state index contributed by atoms with van der Waals surface area (Å²) in [4.78, 5) is 23.4. The van der Waals surface area contributed by atoms with Gasteiger partial charge in [-0.1, -0.05) is 42.5 Å². The number of unbranched alkanes of at least 4 members (excludes halogenated alkanes) is 1. The van der Waals surface area contributed by atoms with Gasteiger partial charge in [-0.15, -0.1) is 0 Å². The lowest BCUT2D eigenvalue weighted by Crippen LogP contribution is -2.31. The molecule has 0 bridgehead atoms. The number of amides is 1. The van der Waals surface area contributed by atoms with Crippen molar-refractivity contribution in [2.45, 2.75) is 39.0 Å². The molecule has 5 nitrogen and oxygen atoms in total. The number of carbonyl (C=O) groups excluding carboxylic acids is 1. The summed E-state index contributed by atoms with van der Waals surface area (Å²) in [5.74, 6) is -0.929. The number of ether oxygens (including phenoxy) is 1. The number of carboxylic acids is 1. The molecule has 0 aliphatic carbocycles. The minimum absolute atomic E-state index is 0.0944. The Bertz CT molecular complexity index is 758. The van der Waals surface area contributed by atoms with E-state index in [1.54, 1.807) is 24.3 Å². The van der Waals surface area contributed by atoms with Gasteiger partial charge in [0, 0.05) is 13.0 Å². The number of aryl methyl sites for hydroxylation is 2. The van der Waals surface area contributed by atoms with Crippen LogP contribution in [0.4, 0.5) is 0 Å². The van der Waals surface area contributed by atoms with Gasteiger partial charge >= 0.3 is 5.97 Å². The SMILES string of the molecule is Cc1ccc(C)c(OCCCCC(=O)NCC(C(=O)O)c2ccccc2)c1. The van der Waals surface area contributed by atoms with Crippen LogP contribution in [-0.4, -0.2) is 30.1 Å². The maximum absolute atomic E-state index is 12.0. The summed E-state index contributed by atoms with van der Waals surface area (Å²) in [6.07, 6.45) is 1.82. The zero-order valence-electron chi connectivity index (χ0n) is 15.9. The average Bonchev–Trinajstić information content (AvgIpc) is 2.65. The van der Waals surface area contributed by atoms with Gasteiger partial charge in [0.1, 0.15) is 5.75 Å². The van der Waals surface area contributed by atoms with Crippen LogP contribution < -0.4 is 10.1 Å². The summed E-state index contributed by atoms with van der Waals surface area (Å²) in [5.41, 5.74) is 2.94. The van der Waals surface area contributed by atoms with Gasteiger partial charge in [0.15, 0.2) is 0 Å². The first-order valence-electron chi connectivity index (χ1n) is 9.22. The third-order valence-electron chi connectivity index (χ3n) is 4.40. The molecule has 0 aliphatic heterocycles. The van der Waals surface area contributed by atoms with Crippen molar-refractivity contribution in [3.8, 4) is 5.75 Å². The van der Waals surface area contributed by atoms with E-state index >= 15 is 0 Å². The molecule has 0 radical (unpaired) electrons. The minimum atomic E-state index is -0.941. The van der Waals surface area contributed by atoms with Crippen molar-refractivity contribution in [3.05, 3.63) is 65.2 Å². The first kappa shape index (κ1) is 20.5. The average molecular weight is 369 g/mol. The number of rotatable bonds is 10. The van der Waals surface area contributed by atoms with Gasteiger partial charge in [0.25, 0.3) is 0 Å². The van der Waals surface area contributed by atoms with Crippen molar-refractivity contribution in [1.29, 1.82) is 0 Å². The highest BCUT2D eigenvalue weighted by atomic mass is 16.5. The first-order chi connectivity index (χ1) is 13.0. The summed E-state index contributed by atoms with van der Waals surface area (Å²) >= 11 is 0. The summed E-state index contributed by atoms with van der Waals surface area (Å²) in [7, 11) is 0. The topological polar surface area (TPSA) is 75.6 Å². The number of hydrogen-bond donors (Lipinski definition) is 2. The van der Waals surface area contributed by atoms with Gasteiger partial charge in [-0.05, 0) is 49.4 Å². The van der Waals surface area contributed by atoms with Crippen LogP contribution in [-0.2, 0) is 9.59 Å². The Balaban J connectivity index is 1.68. The van der Waals surface area contributed by atoms with Crippen LogP contribution in [0.5, 0.6) is 5.75 Å². The quantitative estimate of drug-likeness (QED) is 0.624. The van der Waals surface area contributed by atoms with Crippen LogP contribution in [0.15, 0.2) is 48.5 Å². The highest BCUT2D eigenvalue weighted by molar-refractivity contribution is 5.79. The molecule has 2 rings (SSSR count). The smallest absolute Gasteiger partial charge is 0.312 e. The van der Waals surface area contributed by atoms with Gasteiger partial charge in [-0.3, -0.25) is 9.59 Å². The minimum Gasteiger partial charge on any atom is -0.493 e. The Morgan fingerprint density at radius 2 is 1.81 bits per heavy atom. The number of hydrogen-bond acceptors (Lipinski definition) is 3. The number of carboxylic acid groups (broad SMARTS) is 1. The molecule has 5 heteroatoms. The second-order valence-corrected chi connectivity index (χ2v) is 6.68. The monoisotopic (exact) mass is 369 g/mol. The first-order valence-corrected chi connectivity index (χ1v) is 9.22. The molecular formula is C22H27NO4. The molecule has 0 aromatic heterocycles. The van der Waals surface area contributed by atoms with Crippen molar-refractivity contribution in [2.24, 2.45) is 0 Å². The van der Waals surface area contributed by atoms with E-state index in [0.717, 1.165) is 23.3 Å².